The first-order chi connectivity index (χ1) is 17.5. The summed E-state index contributed by atoms with van der Waals surface area (Å²) in [5, 5.41) is 20.0. The van der Waals surface area contributed by atoms with Crippen molar-refractivity contribution in [1.29, 1.82) is 0 Å². The van der Waals surface area contributed by atoms with E-state index in [1.165, 1.54) is 59.2 Å². The lowest BCUT2D eigenvalue weighted by atomic mass is 9.77. The first kappa shape index (κ1) is 18.1. The van der Waals surface area contributed by atoms with Gasteiger partial charge in [-0.3, -0.25) is 4.55 Å². The summed E-state index contributed by atoms with van der Waals surface area (Å²) in [6.45, 7) is 0. The third-order valence-electron chi connectivity index (χ3n) is 8.69. The van der Waals surface area contributed by atoms with Gasteiger partial charge in [0.2, 0.25) is 0 Å². The minimum atomic E-state index is -4.44. The van der Waals surface area contributed by atoms with Crippen molar-refractivity contribution in [3.8, 4) is 0 Å². The fourth-order valence-corrected chi connectivity index (χ4v) is 8.16. The van der Waals surface area contributed by atoms with Gasteiger partial charge in [-0.1, -0.05) is 60.7 Å². The van der Waals surface area contributed by atoms with Crippen LogP contribution in [0.4, 0.5) is 0 Å². The first-order valence-corrected chi connectivity index (χ1v) is 13.4. The molecule has 10 aromatic rings. The van der Waals surface area contributed by atoms with Crippen molar-refractivity contribution >= 4 is 107 Å². The van der Waals surface area contributed by atoms with E-state index in [2.05, 4.69) is 60.7 Å². The van der Waals surface area contributed by atoms with Crippen LogP contribution >= 0.6 is 0 Å². The van der Waals surface area contributed by atoms with E-state index in [4.69, 9.17) is 0 Å². The lowest BCUT2D eigenvalue weighted by Gasteiger charge is -2.25. The average Bonchev–Trinajstić information content (AvgIpc) is 2.88. The molecule has 0 radical (unpaired) electrons. The fraction of sp³-hybridized carbons (Fsp3) is 0. The summed E-state index contributed by atoms with van der Waals surface area (Å²) < 4.78 is 35.7. The maximum absolute atomic E-state index is 12.7. The van der Waals surface area contributed by atoms with E-state index in [0.29, 0.717) is 5.39 Å². The molecule has 1 N–H and O–H groups in total. The Morgan fingerprint density at radius 1 is 0.389 bits per heavy atom. The first-order valence-electron chi connectivity index (χ1n) is 12.0. The van der Waals surface area contributed by atoms with Crippen LogP contribution in [0.15, 0.2) is 83.8 Å². The summed E-state index contributed by atoms with van der Waals surface area (Å²) in [7, 11) is -4.44. The highest BCUT2D eigenvalue weighted by molar-refractivity contribution is 7.86. The van der Waals surface area contributed by atoms with Crippen molar-refractivity contribution in [2.45, 2.75) is 4.90 Å². The van der Waals surface area contributed by atoms with E-state index in [-0.39, 0.29) is 4.90 Å². The average molecular weight is 479 g/mol. The van der Waals surface area contributed by atoms with Crippen LogP contribution in [0.2, 0.25) is 0 Å². The van der Waals surface area contributed by atoms with Gasteiger partial charge in [0.1, 0.15) is 4.90 Å². The SMILES string of the molecule is O=S(=O)(O)c1cc2ccc3ccc4cc5ccc6ccc7ccc8cc1c1c2c3c4c2c5c6c7c8c12. The smallest absolute Gasteiger partial charge is 0.282 e. The van der Waals surface area contributed by atoms with Gasteiger partial charge in [-0.05, 0) is 104 Å². The maximum Gasteiger partial charge on any atom is 0.295 e. The summed E-state index contributed by atoms with van der Waals surface area (Å²) in [5.41, 5.74) is 0. The molecule has 0 aliphatic rings. The molecule has 166 valence electrons. The number of hydrogen-bond donors (Lipinski definition) is 1. The molecule has 0 fully saturated rings. The molecule has 0 bridgehead atoms. The zero-order valence-electron chi connectivity index (χ0n) is 18.7. The molecular weight excluding hydrogens is 464 g/mol. The Kier molecular flexibility index (Phi) is 2.65. The summed E-state index contributed by atoms with van der Waals surface area (Å²) in [6, 6.07) is 27.4. The van der Waals surface area contributed by atoms with Gasteiger partial charge in [-0.2, -0.15) is 8.42 Å². The second kappa shape index (κ2) is 5.29. The second-order valence-corrected chi connectivity index (χ2v) is 11.7. The highest BCUT2D eigenvalue weighted by atomic mass is 32.2. The minimum Gasteiger partial charge on any atom is -0.282 e. The van der Waals surface area contributed by atoms with Crippen LogP contribution in [0.1, 0.15) is 0 Å². The predicted molar refractivity (Wildman–Crippen MR) is 150 cm³/mol. The van der Waals surface area contributed by atoms with Crippen LogP contribution in [0.25, 0.3) is 97.0 Å². The molecule has 0 aliphatic heterocycles. The van der Waals surface area contributed by atoms with Gasteiger partial charge in [0.15, 0.2) is 0 Å². The molecule has 0 aliphatic carbocycles. The van der Waals surface area contributed by atoms with Crippen LogP contribution in [0, 0.1) is 0 Å². The van der Waals surface area contributed by atoms with Gasteiger partial charge in [0.25, 0.3) is 10.1 Å². The fourth-order valence-electron chi connectivity index (χ4n) is 7.44. The van der Waals surface area contributed by atoms with Crippen molar-refractivity contribution in [2.24, 2.45) is 0 Å². The molecule has 0 atom stereocenters. The van der Waals surface area contributed by atoms with Gasteiger partial charge >= 0.3 is 0 Å². The largest absolute Gasteiger partial charge is 0.295 e. The normalized spacial score (nSPS) is 13.9. The molecule has 10 aromatic carbocycles. The van der Waals surface area contributed by atoms with E-state index in [9.17, 15) is 13.0 Å². The van der Waals surface area contributed by atoms with Crippen molar-refractivity contribution in [2.75, 3.05) is 0 Å². The van der Waals surface area contributed by atoms with E-state index in [1.807, 2.05) is 12.1 Å². The number of benzene rings is 10. The van der Waals surface area contributed by atoms with E-state index < -0.39 is 10.1 Å². The Bertz CT molecular complexity index is 2620. The molecular formula is C32H14O3S. The highest BCUT2D eigenvalue weighted by Crippen LogP contribution is 2.55. The predicted octanol–water partition coefficient (Wildman–Crippen LogP) is 8.50. The van der Waals surface area contributed by atoms with Crippen LogP contribution in [0.5, 0.6) is 0 Å². The third kappa shape index (κ3) is 1.74. The molecule has 0 aromatic heterocycles. The molecule has 4 heteroatoms. The second-order valence-electron chi connectivity index (χ2n) is 10.3. The topological polar surface area (TPSA) is 54.4 Å². The highest BCUT2D eigenvalue weighted by Gasteiger charge is 2.28. The molecule has 0 saturated carbocycles. The van der Waals surface area contributed by atoms with Gasteiger partial charge in [0, 0.05) is 10.8 Å². The van der Waals surface area contributed by atoms with Crippen molar-refractivity contribution in [3.05, 3.63) is 78.9 Å². The Balaban J connectivity index is 1.77. The van der Waals surface area contributed by atoms with Gasteiger partial charge in [-0.25, -0.2) is 0 Å². The Morgan fingerprint density at radius 3 is 1.19 bits per heavy atom. The summed E-state index contributed by atoms with van der Waals surface area (Å²) in [5.74, 6) is 0. The zero-order valence-corrected chi connectivity index (χ0v) is 19.5. The number of rotatable bonds is 1. The van der Waals surface area contributed by atoms with Crippen molar-refractivity contribution < 1.29 is 13.0 Å². The van der Waals surface area contributed by atoms with Gasteiger partial charge in [0.05, 0.1) is 0 Å². The molecule has 36 heavy (non-hydrogen) atoms. The summed E-state index contributed by atoms with van der Waals surface area (Å²) >= 11 is 0. The Labute approximate surface area is 203 Å². The summed E-state index contributed by atoms with van der Waals surface area (Å²) in [4.78, 5) is -0.0255. The standard InChI is InChI=1S/C32H14O3S/c33-36(34,35)22-13-20-10-6-16-4-8-18-11-17-7-3-14-1-2-15-5-9-19-12-21(22)30-26(20)25(16)28(18)31-27(17)23(14)24(15)29(19)32(30)31/h1-13H,(H,33,34,35). The Morgan fingerprint density at radius 2 is 0.722 bits per heavy atom. The van der Waals surface area contributed by atoms with Crippen LogP contribution in [-0.2, 0) is 10.1 Å². The summed E-state index contributed by atoms with van der Waals surface area (Å²) in [6.07, 6.45) is 0. The van der Waals surface area contributed by atoms with E-state index in [1.54, 1.807) is 6.07 Å². The monoisotopic (exact) mass is 478 g/mol. The van der Waals surface area contributed by atoms with Crippen molar-refractivity contribution in [1.82, 2.24) is 0 Å². The molecule has 0 unspecified atom stereocenters. The van der Waals surface area contributed by atoms with Crippen LogP contribution in [-0.4, -0.2) is 13.0 Å². The van der Waals surface area contributed by atoms with Gasteiger partial charge in [-0.15, -0.1) is 0 Å². The van der Waals surface area contributed by atoms with Crippen molar-refractivity contribution in [3.63, 3.8) is 0 Å². The number of hydrogen-bond acceptors (Lipinski definition) is 2. The lowest BCUT2D eigenvalue weighted by molar-refractivity contribution is 0.484. The molecule has 0 amide bonds. The molecule has 0 saturated heterocycles. The minimum absolute atomic E-state index is 0.0255. The molecule has 10 rings (SSSR count). The molecule has 0 spiro atoms. The molecule has 3 nitrogen and oxygen atoms in total. The third-order valence-corrected chi connectivity index (χ3v) is 9.59. The lowest BCUT2D eigenvalue weighted by Crippen LogP contribution is -2.02. The Hall–Kier alpha value is -4.25. The van der Waals surface area contributed by atoms with E-state index >= 15 is 0 Å². The molecule has 0 heterocycles. The zero-order chi connectivity index (χ0) is 23.7. The van der Waals surface area contributed by atoms with Crippen LogP contribution in [0.3, 0.4) is 0 Å². The quantitative estimate of drug-likeness (QED) is 0.146. The van der Waals surface area contributed by atoms with Crippen LogP contribution < -0.4 is 0 Å². The maximum atomic E-state index is 12.7. The van der Waals surface area contributed by atoms with E-state index in [0.717, 1.165) is 32.3 Å². The van der Waals surface area contributed by atoms with Gasteiger partial charge < -0.3 is 0 Å².